The normalized spacial score (nSPS) is 11.0. The quantitative estimate of drug-likeness (QED) is 0.534. The van der Waals surface area contributed by atoms with Crippen LogP contribution in [-0.4, -0.2) is 9.97 Å². The number of fused-ring (bicyclic) bond motifs is 2. The van der Waals surface area contributed by atoms with Crippen molar-refractivity contribution in [2.75, 3.05) is 5.32 Å². The summed E-state index contributed by atoms with van der Waals surface area (Å²) < 4.78 is 0.918. The molecule has 0 unspecified atom stereocenters. The highest BCUT2D eigenvalue weighted by Crippen LogP contribution is 2.27. The van der Waals surface area contributed by atoms with Crippen LogP contribution in [0.2, 0.25) is 0 Å². The van der Waals surface area contributed by atoms with Gasteiger partial charge in [0.05, 0.1) is 15.5 Å². The number of nitrogens with one attached hydrogen (secondary N) is 1. The van der Waals surface area contributed by atoms with Gasteiger partial charge in [0.25, 0.3) is 0 Å². The molecule has 0 bridgehead atoms. The number of hydrogen-bond acceptors (Lipinski definition) is 3. The van der Waals surface area contributed by atoms with Crippen LogP contribution in [0.4, 0.5) is 11.6 Å². The number of nitrogens with zero attached hydrogens (tertiary/aromatic N) is 2. The second kappa shape index (κ2) is 5.39. The molecule has 0 amide bonds. The van der Waals surface area contributed by atoms with E-state index in [9.17, 15) is 0 Å². The molecule has 4 heteroatoms. The fraction of sp³-hybridized carbons (Fsp3) is 0. The van der Waals surface area contributed by atoms with E-state index in [1.54, 1.807) is 0 Å². The Bertz CT molecular complexity index is 982. The van der Waals surface area contributed by atoms with Gasteiger partial charge in [0.2, 0.25) is 0 Å². The molecule has 4 rings (SSSR count). The van der Waals surface area contributed by atoms with Crippen LogP contribution < -0.4 is 5.32 Å². The third-order valence-corrected chi connectivity index (χ3v) is 4.13. The van der Waals surface area contributed by atoms with Gasteiger partial charge in [-0.25, -0.2) is 9.97 Å². The first-order chi connectivity index (χ1) is 10.8. The van der Waals surface area contributed by atoms with E-state index in [0.717, 1.165) is 37.9 Å². The first-order valence-electron chi connectivity index (χ1n) is 6.98. The van der Waals surface area contributed by atoms with Gasteiger partial charge in [0.1, 0.15) is 11.6 Å². The minimum atomic E-state index is 0.765. The molecule has 4 aromatic rings. The van der Waals surface area contributed by atoms with Gasteiger partial charge in [-0.3, -0.25) is 0 Å². The van der Waals surface area contributed by atoms with Crippen LogP contribution in [0.25, 0.3) is 21.8 Å². The summed E-state index contributed by atoms with van der Waals surface area (Å²) in [5.41, 5.74) is 1.92. The average Bonchev–Trinajstić information content (AvgIpc) is 2.55. The van der Waals surface area contributed by atoms with Crippen molar-refractivity contribution in [1.29, 1.82) is 0 Å². The molecule has 2 heterocycles. The maximum Gasteiger partial charge on any atom is 0.146 e. The number of anilines is 2. The van der Waals surface area contributed by atoms with Gasteiger partial charge in [-0.1, -0.05) is 36.4 Å². The Morgan fingerprint density at radius 3 is 2.23 bits per heavy atom. The van der Waals surface area contributed by atoms with E-state index in [1.165, 1.54) is 0 Å². The molecule has 0 aliphatic heterocycles. The fourth-order valence-corrected chi connectivity index (χ4v) is 2.87. The van der Waals surface area contributed by atoms with Crippen molar-refractivity contribution in [2.24, 2.45) is 0 Å². The lowest BCUT2D eigenvalue weighted by Gasteiger charge is -2.09. The van der Waals surface area contributed by atoms with Gasteiger partial charge in [0.15, 0.2) is 0 Å². The molecule has 0 saturated carbocycles. The zero-order valence-electron chi connectivity index (χ0n) is 11.6. The number of hydrogen-bond donors (Lipinski definition) is 1. The predicted molar refractivity (Wildman–Crippen MR) is 94.5 cm³/mol. The van der Waals surface area contributed by atoms with E-state index in [-0.39, 0.29) is 0 Å². The van der Waals surface area contributed by atoms with Crippen LogP contribution in [0, 0.1) is 0 Å². The topological polar surface area (TPSA) is 37.8 Å². The van der Waals surface area contributed by atoms with Gasteiger partial charge in [-0.2, -0.15) is 0 Å². The number of rotatable bonds is 2. The Balaban J connectivity index is 1.76. The van der Waals surface area contributed by atoms with Crippen LogP contribution in [-0.2, 0) is 0 Å². The van der Waals surface area contributed by atoms with Crippen LogP contribution >= 0.6 is 15.9 Å². The molecule has 0 fully saturated rings. The van der Waals surface area contributed by atoms with E-state index < -0.39 is 0 Å². The SMILES string of the molecule is Brc1cc2ccccc2nc1Nc1ccc2ccccc2n1. The largest absolute Gasteiger partial charge is 0.324 e. The lowest BCUT2D eigenvalue weighted by atomic mass is 10.2. The highest BCUT2D eigenvalue weighted by Gasteiger charge is 2.06. The minimum Gasteiger partial charge on any atom is -0.324 e. The Morgan fingerprint density at radius 2 is 1.41 bits per heavy atom. The molecule has 1 N–H and O–H groups in total. The molecule has 106 valence electrons. The Morgan fingerprint density at radius 1 is 0.727 bits per heavy atom. The molecule has 0 aliphatic rings. The minimum absolute atomic E-state index is 0.765. The first-order valence-corrected chi connectivity index (χ1v) is 7.77. The van der Waals surface area contributed by atoms with E-state index >= 15 is 0 Å². The monoisotopic (exact) mass is 349 g/mol. The molecule has 22 heavy (non-hydrogen) atoms. The molecular formula is C18H12BrN3. The maximum atomic E-state index is 4.65. The lowest BCUT2D eigenvalue weighted by molar-refractivity contribution is 1.30. The maximum absolute atomic E-state index is 4.65. The van der Waals surface area contributed by atoms with Crippen molar-refractivity contribution in [3.63, 3.8) is 0 Å². The van der Waals surface area contributed by atoms with Crippen molar-refractivity contribution in [3.05, 3.63) is 71.2 Å². The van der Waals surface area contributed by atoms with Crippen LogP contribution in [0.3, 0.4) is 0 Å². The Hall–Kier alpha value is -2.46. The van der Waals surface area contributed by atoms with Crippen LogP contribution in [0.15, 0.2) is 71.2 Å². The molecule has 0 atom stereocenters. The fourth-order valence-electron chi connectivity index (χ4n) is 2.43. The van der Waals surface area contributed by atoms with Crippen molar-refractivity contribution in [1.82, 2.24) is 9.97 Å². The predicted octanol–water partition coefficient (Wildman–Crippen LogP) is 5.29. The third-order valence-electron chi connectivity index (χ3n) is 3.52. The molecule has 0 aliphatic carbocycles. The Kier molecular flexibility index (Phi) is 3.24. The van der Waals surface area contributed by atoms with Crippen molar-refractivity contribution in [2.45, 2.75) is 0 Å². The molecule has 3 nitrogen and oxygen atoms in total. The second-order valence-corrected chi connectivity index (χ2v) is 5.88. The summed E-state index contributed by atoms with van der Waals surface area (Å²) in [6, 6.07) is 22.2. The summed E-state index contributed by atoms with van der Waals surface area (Å²) in [6.07, 6.45) is 0. The summed E-state index contributed by atoms with van der Waals surface area (Å²) in [6.45, 7) is 0. The van der Waals surface area contributed by atoms with Gasteiger partial charge >= 0.3 is 0 Å². The van der Waals surface area contributed by atoms with E-state index in [2.05, 4.69) is 49.4 Å². The van der Waals surface area contributed by atoms with Crippen molar-refractivity contribution >= 4 is 49.4 Å². The summed E-state index contributed by atoms with van der Waals surface area (Å²) in [4.78, 5) is 9.27. The van der Waals surface area contributed by atoms with Gasteiger partial charge in [-0.15, -0.1) is 0 Å². The van der Waals surface area contributed by atoms with E-state index in [1.807, 2.05) is 48.5 Å². The average molecular weight is 350 g/mol. The van der Waals surface area contributed by atoms with Crippen LogP contribution in [0.1, 0.15) is 0 Å². The van der Waals surface area contributed by atoms with Gasteiger partial charge < -0.3 is 5.32 Å². The molecular weight excluding hydrogens is 338 g/mol. The van der Waals surface area contributed by atoms with Crippen molar-refractivity contribution in [3.8, 4) is 0 Å². The highest BCUT2D eigenvalue weighted by molar-refractivity contribution is 9.10. The standard InChI is InChI=1S/C18H12BrN3/c19-14-11-13-6-2-4-8-16(13)21-18(14)22-17-10-9-12-5-1-3-7-15(12)20-17/h1-11H,(H,20,21,22). The summed E-state index contributed by atoms with van der Waals surface area (Å²) in [7, 11) is 0. The highest BCUT2D eigenvalue weighted by atomic mass is 79.9. The number of aromatic nitrogens is 2. The molecule has 0 spiro atoms. The molecule has 0 radical (unpaired) electrons. The summed E-state index contributed by atoms with van der Waals surface area (Å²) in [5.74, 6) is 1.55. The smallest absolute Gasteiger partial charge is 0.146 e. The summed E-state index contributed by atoms with van der Waals surface area (Å²) in [5, 5.41) is 5.51. The second-order valence-electron chi connectivity index (χ2n) is 5.03. The number of para-hydroxylation sites is 2. The first kappa shape index (κ1) is 13.2. The molecule has 2 aromatic carbocycles. The van der Waals surface area contributed by atoms with Crippen molar-refractivity contribution < 1.29 is 0 Å². The number of benzene rings is 2. The van der Waals surface area contributed by atoms with Crippen LogP contribution in [0.5, 0.6) is 0 Å². The number of pyridine rings is 2. The lowest BCUT2D eigenvalue weighted by Crippen LogP contribution is -1.97. The summed E-state index contributed by atoms with van der Waals surface area (Å²) >= 11 is 3.57. The zero-order valence-corrected chi connectivity index (χ0v) is 13.2. The molecule has 0 saturated heterocycles. The van der Waals surface area contributed by atoms with Gasteiger partial charge in [-0.05, 0) is 46.3 Å². The third kappa shape index (κ3) is 2.42. The molecule has 2 aromatic heterocycles. The zero-order chi connectivity index (χ0) is 14.9. The van der Waals surface area contributed by atoms with E-state index in [0.29, 0.717) is 0 Å². The number of halogens is 1. The van der Waals surface area contributed by atoms with Gasteiger partial charge in [0, 0.05) is 10.8 Å². The van der Waals surface area contributed by atoms with E-state index in [4.69, 9.17) is 0 Å². The Labute approximate surface area is 136 Å².